The number of halogens is 3. The lowest BCUT2D eigenvalue weighted by Crippen LogP contribution is -2.51. The summed E-state index contributed by atoms with van der Waals surface area (Å²) in [5.41, 5.74) is 0.643. The van der Waals surface area contributed by atoms with Crippen molar-refractivity contribution in [2.75, 3.05) is 5.32 Å². The lowest BCUT2D eigenvalue weighted by atomic mass is 9.84. The Labute approximate surface area is 235 Å². The minimum atomic E-state index is -4.50. The van der Waals surface area contributed by atoms with E-state index in [0.29, 0.717) is 24.0 Å². The number of carbonyl (C=O) groups excluding carboxylic acids is 2. The van der Waals surface area contributed by atoms with Gasteiger partial charge in [-0.25, -0.2) is 9.59 Å². The lowest BCUT2D eigenvalue weighted by Gasteiger charge is -2.33. The number of amides is 4. The highest BCUT2D eigenvalue weighted by Crippen LogP contribution is 2.31. The van der Waals surface area contributed by atoms with E-state index >= 15 is 0 Å². The summed E-state index contributed by atoms with van der Waals surface area (Å²) in [5.74, 6) is -1.65. The van der Waals surface area contributed by atoms with Gasteiger partial charge in [0.25, 0.3) is 0 Å². The van der Waals surface area contributed by atoms with Crippen LogP contribution in [-0.2, 0) is 11.0 Å². The fraction of sp³-hybridized carbons (Fsp3) is 0.300. The first-order valence-electron chi connectivity index (χ1n) is 13.3. The molecule has 5 N–H and O–H groups in total. The Morgan fingerprint density at radius 1 is 0.732 bits per heavy atom. The molecule has 4 amide bonds. The molecule has 2 unspecified atom stereocenters. The maximum absolute atomic E-state index is 13.3. The zero-order valence-electron chi connectivity index (χ0n) is 22.0. The van der Waals surface area contributed by atoms with Gasteiger partial charge < -0.3 is 26.4 Å². The maximum Gasteiger partial charge on any atom is 0.416 e. The standard InChI is InChI=1S/C30H31F3N4O4/c31-30(32,33)21-15-17-22(18-16-21)34-28(40)36-25(19-9-3-1-4-10-19)26(20-11-5-2-6-12-20)37-29(41)35-24-14-8-7-13-23(24)27(38)39/h1-6,9-12,15-18,23-26H,7-8,13-14H2,(H,38,39)(H2,34,36,40)(H2,35,37,41)/t23?,24?,25-,26+/m0/s1. The molecule has 0 aliphatic heterocycles. The number of carbonyl (C=O) groups is 3. The van der Waals surface area contributed by atoms with E-state index < -0.39 is 53.8 Å². The molecule has 0 spiro atoms. The van der Waals surface area contributed by atoms with Crippen molar-refractivity contribution >= 4 is 23.7 Å². The van der Waals surface area contributed by atoms with Crippen molar-refractivity contribution in [2.45, 2.75) is 50.0 Å². The molecule has 0 saturated heterocycles. The molecule has 1 aliphatic carbocycles. The van der Waals surface area contributed by atoms with E-state index in [0.717, 1.165) is 37.1 Å². The van der Waals surface area contributed by atoms with E-state index in [4.69, 9.17) is 0 Å². The van der Waals surface area contributed by atoms with Crippen LogP contribution in [0.5, 0.6) is 0 Å². The molecular weight excluding hydrogens is 537 g/mol. The van der Waals surface area contributed by atoms with Crippen molar-refractivity contribution in [1.29, 1.82) is 0 Å². The molecule has 3 aromatic rings. The van der Waals surface area contributed by atoms with Crippen molar-refractivity contribution in [2.24, 2.45) is 5.92 Å². The van der Waals surface area contributed by atoms with Crippen LogP contribution in [0.3, 0.4) is 0 Å². The van der Waals surface area contributed by atoms with Gasteiger partial charge in [0.2, 0.25) is 0 Å². The Kier molecular flexibility index (Phi) is 9.49. The molecular formula is C30H31F3N4O4. The van der Waals surface area contributed by atoms with Gasteiger partial charge in [0.1, 0.15) is 0 Å². The highest BCUT2D eigenvalue weighted by molar-refractivity contribution is 5.89. The summed E-state index contributed by atoms with van der Waals surface area (Å²) in [4.78, 5) is 38.1. The molecule has 0 heterocycles. The second kappa shape index (κ2) is 13.2. The molecule has 3 aromatic carbocycles. The number of anilines is 1. The normalized spacial score (nSPS) is 18.4. The number of alkyl halides is 3. The molecule has 0 radical (unpaired) electrons. The number of carboxylic acid groups (broad SMARTS) is 1. The Morgan fingerprint density at radius 2 is 1.24 bits per heavy atom. The van der Waals surface area contributed by atoms with Gasteiger partial charge in [-0.2, -0.15) is 13.2 Å². The summed E-state index contributed by atoms with van der Waals surface area (Å²) in [5, 5.41) is 20.8. The molecule has 216 valence electrons. The zero-order chi connectivity index (χ0) is 29.4. The molecule has 4 atom stereocenters. The van der Waals surface area contributed by atoms with Gasteiger partial charge >= 0.3 is 24.2 Å². The van der Waals surface area contributed by atoms with Crippen molar-refractivity contribution < 1.29 is 32.7 Å². The van der Waals surface area contributed by atoms with E-state index in [1.54, 1.807) is 54.6 Å². The summed E-state index contributed by atoms with van der Waals surface area (Å²) in [6.45, 7) is 0. The van der Waals surface area contributed by atoms with E-state index in [2.05, 4.69) is 21.3 Å². The average molecular weight is 569 g/mol. The number of carboxylic acids is 1. The number of hydrogen-bond donors (Lipinski definition) is 5. The summed E-state index contributed by atoms with van der Waals surface area (Å²) >= 11 is 0. The van der Waals surface area contributed by atoms with Crippen molar-refractivity contribution in [3.63, 3.8) is 0 Å². The fourth-order valence-corrected chi connectivity index (χ4v) is 5.04. The fourth-order valence-electron chi connectivity index (χ4n) is 5.04. The van der Waals surface area contributed by atoms with Gasteiger partial charge in [-0.3, -0.25) is 4.79 Å². The van der Waals surface area contributed by atoms with Crippen LogP contribution in [0.2, 0.25) is 0 Å². The summed E-state index contributed by atoms with van der Waals surface area (Å²) < 4.78 is 38.8. The first-order valence-corrected chi connectivity index (χ1v) is 13.3. The third kappa shape index (κ3) is 8.00. The van der Waals surface area contributed by atoms with Gasteiger partial charge in [0.05, 0.1) is 23.6 Å². The summed E-state index contributed by atoms with van der Waals surface area (Å²) in [6.07, 6.45) is -1.92. The third-order valence-corrected chi connectivity index (χ3v) is 7.09. The predicted molar refractivity (Wildman–Crippen MR) is 147 cm³/mol. The minimum absolute atomic E-state index is 0.154. The van der Waals surface area contributed by atoms with Crippen molar-refractivity contribution in [1.82, 2.24) is 16.0 Å². The molecule has 1 fully saturated rings. The average Bonchev–Trinajstić information content (AvgIpc) is 2.96. The Morgan fingerprint density at radius 3 is 1.76 bits per heavy atom. The maximum atomic E-state index is 13.3. The predicted octanol–water partition coefficient (Wildman–Crippen LogP) is 6.25. The smallest absolute Gasteiger partial charge is 0.416 e. The summed E-state index contributed by atoms with van der Waals surface area (Å²) in [6, 6.07) is 18.5. The Bertz CT molecular complexity index is 1320. The number of rotatable bonds is 8. The van der Waals surface area contributed by atoms with E-state index in [9.17, 15) is 32.7 Å². The largest absolute Gasteiger partial charge is 0.481 e. The van der Waals surface area contributed by atoms with Crippen LogP contribution in [0.4, 0.5) is 28.4 Å². The number of hydrogen-bond acceptors (Lipinski definition) is 3. The van der Waals surface area contributed by atoms with Crippen LogP contribution in [0.1, 0.15) is 54.5 Å². The second-order valence-electron chi connectivity index (χ2n) is 9.90. The molecule has 11 heteroatoms. The number of aliphatic carboxylic acids is 1. The van der Waals surface area contributed by atoms with E-state index in [1.165, 1.54) is 0 Å². The minimum Gasteiger partial charge on any atom is -0.481 e. The molecule has 4 rings (SSSR count). The van der Waals surface area contributed by atoms with Gasteiger partial charge in [-0.05, 0) is 48.2 Å². The number of benzene rings is 3. The van der Waals surface area contributed by atoms with E-state index in [1.807, 2.05) is 6.07 Å². The lowest BCUT2D eigenvalue weighted by molar-refractivity contribution is -0.143. The highest BCUT2D eigenvalue weighted by atomic mass is 19.4. The van der Waals surface area contributed by atoms with Crippen LogP contribution in [0, 0.1) is 5.92 Å². The van der Waals surface area contributed by atoms with Gasteiger partial charge in [0.15, 0.2) is 0 Å². The van der Waals surface area contributed by atoms with Crippen LogP contribution < -0.4 is 21.3 Å². The second-order valence-corrected chi connectivity index (χ2v) is 9.90. The number of urea groups is 2. The topological polar surface area (TPSA) is 120 Å². The first-order chi connectivity index (χ1) is 19.6. The highest BCUT2D eigenvalue weighted by Gasteiger charge is 2.34. The molecule has 1 saturated carbocycles. The van der Waals surface area contributed by atoms with Crippen molar-refractivity contribution in [3.05, 3.63) is 102 Å². The summed E-state index contributed by atoms with van der Waals surface area (Å²) in [7, 11) is 0. The van der Waals surface area contributed by atoms with Crippen LogP contribution >= 0.6 is 0 Å². The van der Waals surface area contributed by atoms with Crippen LogP contribution in [0.15, 0.2) is 84.9 Å². The molecule has 1 aliphatic rings. The third-order valence-electron chi connectivity index (χ3n) is 7.09. The van der Waals surface area contributed by atoms with E-state index in [-0.39, 0.29) is 5.69 Å². The number of nitrogens with one attached hydrogen (secondary N) is 4. The monoisotopic (exact) mass is 568 g/mol. The van der Waals surface area contributed by atoms with Crippen LogP contribution in [-0.4, -0.2) is 29.2 Å². The van der Waals surface area contributed by atoms with Gasteiger partial charge in [-0.1, -0.05) is 73.5 Å². The SMILES string of the molecule is O=C(NC1CCCCC1C(=O)O)N[C@H](c1ccccc1)[C@@H](NC(=O)Nc1ccc(C(F)(F)F)cc1)c1ccccc1. The molecule has 0 aromatic heterocycles. The zero-order valence-corrected chi connectivity index (χ0v) is 22.0. The Balaban J connectivity index is 1.57. The van der Waals surface area contributed by atoms with Gasteiger partial charge in [-0.15, -0.1) is 0 Å². The Hall–Kier alpha value is -4.54. The molecule has 8 nitrogen and oxygen atoms in total. The quantitative estimate of drug-likeness (QED) is 0.221. The first kappa shape index (κ1) is 29.4. The van der Waals surface area contributed by atoms with Crippen LogP contribution in [0.25, 0.3) is 0 Å². The van der Waals surface area contributed by atoms with Gasteiger partial charge in [0, 0.05) is 11.7 Å². The molecule has 41 heavy (non-hydrogen) atoms. The van der Waals surface area contributed by atoms with Crippen molar-refractivity contribution in [3.8, 4) is 0 Å². The molecule has 0 bridgehead atoms.